The van der Waals surface area contributed by atoms with Crippen molar-refractivity contribution in [2.75, 3.05) is 12.4 Å². The number of amides is 2. The Labute approximate surface area is 222 Å². The molecule has 0 aliphatic carbocycles. The van der Waals surface area contributed by atoms with Crippen LogP contribution < -0.4 is 26.6 Å². The number of fused-ring (bicyclic) bond motifs is 1. The van der Waals surface area contributed by atoms with Crippen molar-refractivity contribution in [3.05, 3.63) is 123 Å². The summed E-state index contributed by atoms with van der Waals surface area (Å²) in [7, 11) is 1.52. The first-order valence-corrected chi connectivity index (χ1v) is 12.0. The highest BCUT2D eigenvalue weighted by atomic mass is 16.5. The van der Waals surface area contributed by atoms with Crippen LogP contribution in [0.4, 0.5) is 5.69 Å². The third-order valence-corrected chi connectivity index (χ3v) is 6.08. The van der Waals surface area contributed by atoms with Crippen molar-refractivity contribution >= 4 is 28.4 Å². The number of furan rings is 1. The van der Waals surface area contributed by atoms with E-state index in [9.17, 15) is 19.2 Å². The van der Waals surface area contributed by atoms with Gasteiger partial charge >= 0.3 is 5.69 Å². The zero-order valence-electron chi connectivity index (χ0n) is 20.9. The van der Waals surface area contributed by atoms with E-state index in [2.05, 4.69) is 10.6 Å². The lowest BCUT2D eigenvalue weighted by Gasteiger charge is -2.15. The fourth-order valence-corrected chi connectivity index (χ4v) is 4.19. The summed E-state index contributed by atoms with van der Waals surface area (Å²) in [6, 6.07) is 23.1. The first-order valence-electron chi connectivity index (χ1n) is 12.0. The number of hydrogen-bond donors (Lipinski definition) is 2. The Morgan fingerprint density at radius 1 is 0.923 bits per heavy atom. The van der Waals surface area contributed by atoms with Crippen LogP contribution >= 0.6 is 0 Å². The van der Waals surface area contributed by atoms with Gasteiger partial charge in [0.05, 0.1) is 36.5 Å². The smallest absolute Gasteiger partial charge is 0.336 e. The van der Waals surface area contributed by atoms with Gasteiger partial charge in [0.2, 0.25) is 5.91 Å². The summed E-state index contributed by atoms with van der Waals surface area (Å²) in [5.41, 5.74) is -0.0700. The molecule has 2 heterocycles. The number of nitrogens with one attached hydrogen (secondary N) is 2. The lowest BCUT2D eigenvalue weighted by atomic mass is 10.1. The molecule has 0 saturated heterocycles. The Morgan fingerprint density at radius 3 is 2.49 bits per heavy atom. The fourth-order valence-electron chi connectivity index (χ4n) is 4.19. The monoisotopic (exact) mass is 524 g/mol. The fraction of sp³-hybridized carbons (Fsp3) is 0.103. The predicted octanol–water partition coefficient (Wildman–Crippen LogP) is 3.32. The maximum absolute atomic E-state index is 13.7. The van der Waals surface area contributed by atoms with Crippen LogP contribution in [-0.4, -0.2) is 28.1 Å². The highest BCUT2D eigenvalue weighted by Gasteiger charge is 2.19. The largest absolute Gasteiger partial charge is 0.497 e. The average Bonchev–Trinajstić information content (AvgIpc) is 3.48. The van der Waals surface area contributed by atoms with E-state index < -0.39 is 29.6 Å². The second-order valence-electron chi connectivity index (χ2n) is 8.62. The van der Waals surface area contributed by atoms with Gasteiger partial charge in [0.25, 0.3) is 11.5 Å². The minimum Gasteiger partial charge on any atom is -0.497 e. The SMILES string of the molecule is COc1cccc(NC(=O)Cn2c(=O)n(-c3ccccc3)c(=O)c3ccc(C(=O)NCc4ccco4)cc32)c1. The number of nitrogens with zero attached hydrogens (tertiary/aromatic N) is 2. The topological polar surface area (TPSA) is 125 Å². The molecule has 2 amide bonds. The molecule has 0 bridgehead atoms. The van der Waals surface area contributed by atoms with Crippen LogP contribution in [0.1, 0.15) is 16.1 Å². The Hall–Kier alpha value is -5.38. The molecule has 0 radical (unpaired) electrons. The number of methoxy groups -OCH3 is 1. The van der Waals surface area contributed by atoms with Gasteiger partial charge in [0, 0.05) is 17.3 Å². The van der Waals surface area contributed by atoms with E-state index in [1.807, 2.05) is 0 Å². The molecule has 0 fully saturated rings. The van der Waals surface area contributed by atoms with Crippen molar-refractivity contribution in [3.8, 4) is 11.4 Å². The highest BCUT2D eigenvalue weighted by molar-refractivity contribution is 5.98. The molecule has 5 rings (SSSR count). The van der Waals surface area contributed by atoms with Crippen LogP contribution in [0.5, 0.6) is 5.75 Å². The van der Waals surface area contributed by atoms with Crippen molar-refractivity contribution in [2.45, 2.75) is 13.1 Å². The number of para-hydroxylation sites is 1. The summed E-state index contributed by atoms with van der Waals surface area (Å²) in [6.45, 7) is -0.244. The first-order chi connectivity index (χ1) is 18.9. The van der Waals surface area contributed by atoms with E-state index in [1.165, 1.54) is 36.1 Å². The van der Waals surface area contributed by atoms with E-state index in [1.54, 1.807) is 66.7 Å². The van der Waals surface area contributed by atoms with Crippen LogP contribution in [0.2, 0.25) is 0 Å². The lowest BCUT2D eigenvalue weighted by molar-refractivity contribution is -0.116. The molecule has 3 aromatic carbocycles. The van der Waals surface area contributed by atoms with E-state index in [4.69, 9.17) is 9.15 Å². The molecule has 0 spiro atoms. The first kappa shape index (κ1) is 25.3. The van der Waals surface area contributed by atoms with Gasteiger partial charge in [-0.2, -0.15) is 0 Å². The normalized spacial score (nSPS) is 10.8. The molecule has 5 aromatic rings. The van der Waals surface area contributed by atoms with Crippen LogP contribution in [0, 0.1) is 0 Å². The number of aromatic nitrogens is 2. The van der Waals surface area contributed by atoms with E-state index in [0.717, 1.165) is 4.57 Å². The minimum absolute atomic E-state index is 0.156. The van der Waals surface area contributed by atoms with Gasteiger partial charge in [-0.25, -0.2) is 9.36 Å². The van der Waals surface area contributed by atoms with Gasteiger partial charge in [-0.05, 0) is 54.6 Å². The Kier molecular flexibility index (Phi) is 7.09. The maximum Gasteiger partial charge on any atom is 0.336 e. The standard InChI is InChI=1S/C29H24N4O6/c1-38-22-10-5-7-20(16-22)31-26(34)18-32-25-15-19(27(35)30-17-23-11-6-14-39-23)12-13-24(25)28(36)33(29(32)37)21-8-3-2-4-9-21/h2-16H,17-18H2,1H3,(H,30,35)(H,31,34). The summed E-state index contributed by atoms with van der Waals surface area (Å²) < 4.78 is 12.6. The zero-order valence-corrected chi connectivity index (χ0v) is 20.9. The molecule has 0 aliphatic heterocycles. The average molecular weight is 525 g/mol. The molecular weight excluding hydrogens is 500 g/mol. The lowest BCUT2D eigenvalue weighted by Crippen LogP contribution is -2.41. The van der Waals surface area contributed by atoms with E-state index >= 15 is 0 Å². The van der Waals surface area contributed by atoms with Gasteiger partial charge in [-0.3, -0.25) is 19.0 Å². The number of anilines is 1. The van der Waals surface area contributed by atoms with Gasteiger partial charge < -0.3 is 19.8 Å². The number of rotatable bonds is 8. The molecule has 2 aromatic heterocycles. The van der Waals surface area contributed by atoms with Gasteiger partial charge in [-0.15, -0.1) is 0 Å². The molecule has 10 nitrogen and oxygen atoms in total. The predicted molar refractivity (Wildman–Crippen MR) is 145 cm³/mol. The maximum atomic E-state index is 13.7. The third kappa shape index (κ3) is 5.35. The number of carbonyl (C=O) groups is 2. The second kappa shape index (κ2) is 10.9. The van der Waals surface area contributed by atoms with Gasteiger partial charge in [0.15, 0.2) is 0 Å². The second-order valence-corrected chi connectivity index (χ2v) is 8.62. The molecule has 0 atom stereocenters. The summed E-state index contributed by atoms with van der Waals surface area (Å²) in [6.07, 6.45) is 1.50. The third-order valence-electron chi connectivity index (χ3n) is 6.08. The number of hydrogen-bond acceptors (Lipinski definition) is 6. The van der Waals surface area contributed by atoms with Gasteiger partial charge in [-0.1, -0.05) is 24.3 Å². The number of benzene rings is 3. The minimum atomic E-state index is -0.715. The van der Waals surface area contributed by atoms with Crippen molar-refractivity contribution < 1.29 is 18.7 Å². The molecule has 0 unspecified atom stereocenters. The van der Waals surface area contributed by atoms with Crippen LogP contribution in [0.25, 0.3) is 16.6 Å². The van der Waals surface area contributed by atoms with Gasteiger partial charge in [0.1, 0.15) is 18.1 Å². The van der Waals surface area contributed by atoms with E-state index in [-0.39, 0.29) is 23.0 Å². The van der Waals surface area contributed by atoms with Crippen molar-refractivity contribution in [3.63, 3.8) is 0 Å². The van der Waals surface area contributed by atoms with Crippen LogP contribution in [-0.2, 0) is 17.9 Å². The highest BCUT2D eigenvalue weighted by Crippen LogP contribution is 2.18. The zero-order chi connectivity index (χ0) is 27.4. The summed E-state index contributed by atoms with van der Waals surface area (Å²) in [5.74, 6) is 0.192. The molecule has 196 valence electrons. The quantitative estimate of drug-likeness (QED) is 0.321. The number of carbonyl (C=O) groups excluding carboxylic acids is 2. The summed E-state index contributed by atoms with van der Waals surface area (Å²) in [5, 5.41) is 5.67. The van der Waals surface area contributed by atoms with E-state index in [0.29, 0.717) is 22.9 Å². The summed E-state index contributed by atoms with van der Waals surface area (Å²) in [4.78, 5) is 53.0. The molecule has 2 N–H and O–H groups in total. The van der Waals surface area contributed by atoms with Crippen molar-refractivity contribution in [2.24, 2.45) is 0 Å². The molecule has 0 saturated carbocycles. The Bertz CT molecular complexity index is 1770. The molecule has 39 heavy (non-hydrogen) atoms. The summed E-state index contributed by atoms with van der Waals surface area (Å²) >= 11 is 0. The van der Waals surface area contributed by atoms with Crippen molar-refractivity contribution in [1.82, 2.24) is 14.5 Å². The molecular formula is C29H24N4O6. The Balaban J connectivity index is 1.57. The Morgan fingerprint density at radius 2 is 1.74 bits per heavy atom. The molecule has 10 heteroatoms. The van der Waals surface area contributed by atoms with Crippen LogP contribution in [0.3, 0.4) is 0 Å². The number of ether oxygens (including phenoxy) is 1. The van der Waals surface area contributed by atoms with Crippen molar-refractivity contribution in [1.29, 1.82) is 0 Å². The molecule has 0 aliphatic rings. The van der Waals surface area contributed by atoms with Crippen LogP contribution in [0.15, 0.2) is 105 Å².